The minimum absolute atomic E-state index is 0.136. The number of H-pyrrole nitrogens is 1. The minimum Gasteiger partial charge on any atom is -0.394 e. The number of rotatable bonds is 3. The van der Waals surface area contributed by atoms with Crippen molar-refractivity contribution in [2.75, 3.05) is 6.61 Å². The Morgan fingerprint density at radius 1 is 1.50 bits per heavy atom. The summed E-state index contributed by atoms with van der Waals surface area (Å²) in [5.41, 5.74) is 1.57. The Hall–Kier alpha value is -2.48. The van der Waals surface area contributed by atoms with Crippen molar-refractivity contribution in [3.63, 3.8) is 0 Å². The normalized spacial score (nSPS) is 12.9. The molecule has 2 N–H and O–H groups in total. The van der Waals surface area contributed by atoms with Gasteiger partial charge >= 0.3 is 5.69 Å². The Morgan fingerprint density at radius 3 is 2.95 bits per heavy atom. The van der Waals surface area contributed by atoms with Gasteiger partial charge in [0.25, 0.3) is 0 Å². The van der Waals surface area contributed by atoms with E-state index < -0.39 is 0 Å². The van der Waals surface area contributed by atoms with E-state index in [4.69, 9.17) is 0 Å². The molecule has 0 saturated heterocycles. The van der Waals surface area contributed by atoms with Gasteiger partial charge in [-0.25, -0.2) is 14.8 Å². The Morgan fingerprint density at radius 2 is 2.30 bits per heavy atom. The van der Waals surface area contributed by atoms with Gasteiger partial charge in [-0.05, 0) is 13.0 Å². The lowest BCUT2D eigenvalue weighted by atomic mass is 10.3. The minimum atomic E-state index is -0.351. The molecule has 0 radical (unpaired) electrons. The predicted molar refractivity (Wildman–Crippen MR) is 72.1 cm³/mol. The van der Waals surface area contributed by atoms with Gasteiger partial charge in [-0.3, -0.25) is 14.2 Å². The van der Waals surface area contributed by atoms with Crippen molar-refractivity contribution in [3.8, 4) is 11.5 Å². The largest absolute Gasteiger partial charge is 0.394 e. The Labute approximate surface area is 113 Å². The molecule has 0 saturated carbocycles. The third-order valence-electron chi connectivity index (χ3n) is 3.28. The van der Waals surface area contributed by atoms with Crippen LogP contribution in [0.1, 0.15) is 13.0 Å². The molecule has 8 heteroatoms. The van der Waals surface area contributed by atoms with E-state index in [0.717, 1.165) is 0 Å². The maximum atomic E-state index is 12.2. The van der Waals surface area contributed by atoms with Gasteiger partial charge in [0.05, 0.1) is 18.8 Å². The topological polar surface area (TPSA) is 102 Å². The first kappa shape index (κ1) is 12.5. The van der Waals surface area contributed by atoms with E-state index in [9.17, 15) is 9.90 Å². The number of aliphatic hydroxyl groups excluding tert-OH is 1. The van der Waals surface area contributed by atoms with Crippen LogP contribution < -0.4 is 5.69 Å². The van der Waals surface area contributed by atoms with Crippen molar-refractivity contribution >= 4 is 11.2 Å². The maximum Gasteiger partial charge on any atom is 0.330 e. The van der Waals surface area contributed by atoms with Crippen molar-refractivity contribution in [2.24, 2.45) is 7.05 Å². The summed E-state index contributed by atoms with van der Waals surface area (Å²) in [4.78, 5) is 20.9. The molecule has 1 atom stereocenters. The third kappa shape index (κ3) is 1.73. The molecular weight excluding hydrogens is 260 g/mol. The molecule has 0 aliphatic heterocycles. The highest BCUT2D eigenvalue weighted by Gasteiger charge is 2.18. The molecule has 0 spiro atoms. The lowest BCUT2D eigenvalue weighted by Crippen LogP contribution is -2.26. The molecule has 0 aliphatic rings. The molecule has 3 rings (SSSR count). The fraction of sp³-hybridized carbons (Fsp3) is 0.333. The van der Waals surface area contributed by atoms with Crippen LogP contribution in [0.15, 0.2) is 23.3 Å². The highest BCUT2D eigenvalue weighted by atomic mass is 16.3. The SMILES string of the molecule is C[C@H](CO)n1c(=O)n(C)c2cnc(-c3ccn[nH]3)nc21. The zero-order valence-corrected chi connectivity index (χ0v) is 11.1. The summed E-state index contributed by atoms with van der Waals surface area (Å²) in [6, 6.07) is 1.40. The van der Waals surface area contributed by atoms with E-state index in [1.165, 1.54) is 9.13 Å². The van der Waals surface area contributed by atoms with Gasteiger partial charge in [-0.1, -0.05) is 0 Å². The van der Waals surface area contributed by atoms with Gasteiger partial charge in [0, 0.05) is 13.2 Å². The number of hydrogen-bond donors (Lipinski definition) is 2. The van der Waals surface area contributed by atoms with Crippen LogP contribution in [-0.2, 0) is 7.05 Å². The molecule has 3 aromatic rings. The van der Waals surface area contributed by atoms with Crippen molar-refractivity contribution in [1.82, 2.24) is 29.3 Å². The Kier molecular flexibility index (Phi) is 2.87. The summed E-state index contributed by atoms with van der Waals surface area (Å²) in [7, 11) is 1.66. The van der Waals surface area contributed by atoms with Crippen molar-refractivity contribution in [1.29, 1.82) is 0 Å². The number of aromatic amines is 1. The number of fused-ring (bicyclic) bond motifs is 1. The second kappa shape index (κ2) is 4.57. The van der Waals surface area contributed by atoms with Crippen LogP contribution in [-0.4, -0.2) is 41.0 Å². The van der Waals surface area contributed by atoms with E-state index in [1.54, 1.807) is 32.4 Å². The maximum absolute atomic E-state index is 12.2. The number of hydrogen-bond acceptors (Lipinski definition) is 5. The molecule has 0 amide bonds. The monoisotopic (exact) mass is 274 g/mol. The van der Waals surface area contributed by atoms with E-state index in [0.29, 0.717) is 22.7 Å². The molecule has 0 unspecified atom stereocenters. The summed E-state index contributed by atoms with van der Waals surface area (Å²) < 4.78 is 2.94. The average molecular weight is 274 g/mol. The second-order valence-corrected chi connectivity index (χ2v) is 4.62. The molecular formula is C12H14N6O2. The molecule has 104 valence electrons. The highest BCUT2D eigenvalue weighted by Crippen LogP contribution is 2.17. The summed E-state index contributed by atoms with van der Waals surface area (Å²) in [6.07, 6.45) is 3.21. The summed E-state index contributed by atoms with van der Waals surface area (Å²) in [6.45, 7) is 1.63. The van der Waals surface area contributed by atoms with Crippen LogP contribution in [0.4, 0.5) is 0 Å². The number of aryl methyl sites for hydroxylation is 1. The van der Waals surface area contributed by atoms with Crippen molar-refractivity contribution in [2.45, 2.75) is 13.0 Å². The highest BCUT2D eigenvalue weighted by molar-refractivity contribution is 5.73. The molecule has 0 fully saturated rings. The summed E-state index contributed by atoms with van der Waals surface area (Å²) in [5.74, 6) is 0.458. The van der Waals surface area contributed by atoms with Crippen LogP contribution in [0.2, 0.25) is 0 Å². The first-order chi connectivity index (χ1) is 9.63. The van der Waals surface area contributed by atoms with Crippen LogP contribution in [0.5, 0.6) is 0 Å². The molecule has 3 aromatic heterocycles. The molecule has 0 aromatic carbocycles. The van der Waals surface area contributed by atoms with Crippen LogP contribution in [0.3, 0.4) is 0 Å². The van der Waals surface area contributed by atoms with Crippen molar-refractivity contribution < 1.29 is 5.11 Å². The van der Waals surface area contributed by atoms with E-state index >= 15 is 0 Å². The van der Waals surface area contributed by atoms with Crippen LogP contribution >= 0.6 is 0 Å². The van der Waals surface area contributed by atoms with Crippen LogP contribution in [0.25, 0.3) is 22.7 Å². The smallest absolute Gasteiger partial charge is 0.330 e. The van der Waals surface area contributed by atoms with Gasteiger partial charge in [0.15, 0.2) is 11.5 Å². The number of imidazole rings is 1. The lowest BCUT2D eigenvalue weighted by Gasteiger charge is -2.09. The molecule has 0 aliphatic carbocycles. The van der Waals surface area contributed by atoms with Gasteiger partial charge < -0.3 is 5.11 Å². The third-order valence-corrected chi connectivity index (χ3v) is 3.28. The lowest BCUT2D eigenvalue weighted by molar-refractivity contribution is 0.238. The zero-order chi connectivity index (χ0) is 14.3. The quantitative estimate of drug-likeness (QED) is 0.704. The van der Waals surface area contributed by atoms with Crippen molar-refractivity contribution in [3.05, 3.63) is 28.9 Å². The van der Waals surface area contributed by atoms with E-state index in [-0.39, 0.29) is 18.3 Å². The first-order valence-corrected chi connectivity index (χ1v) is 6.18. The number of aliphatic hydroxyl groups is 1. The van der Waals surface area contributed by atoms with Gasteiger partial charge in [-0.2, -0.15) is 5.10 Å². The molecule has 3 heterocycles. The Balaban J connectivity index is 2.30. The molecule has 8 nitrogen and oxygen atoms in total. The molecule has 20 heavy (non-hydrogen) atoms. The zero-order valence-electron chi connectivity index (χ0n) is 11.1. The number of nitrogens with one attached hydrogen (secondary N) is 1. The fourth-order valence-corrected chi connectivity index (χ4v) is 2.12. The van der Waals surface area contributed by atoms with Gasteiger partial charge in [0.1, 0.15) is 11.2 Å². The van der Waals surface area contributed by atoms with Crippen LogP contribution in [0, 0.1) is 0 Å². The molecule has 0 bridgehead atoms. The Bertz CT molecular complexity index is 801. The van der Waals surface area contributed by atoms with Gasteiger partial charge in [0.2, 0.25) is 0 Å². The summed E-state index contributed by atoms with van der Waals surface area (Å²) in [5, 5.41) is 15.9. The van der Waals surface area contributed by atoms with E-state index in [2.05, 4.69) is 20.2 Å². The van der Waals surface area contributed by atoms with Gasteiger partial charge in [-0.15, -0.1) is 0 Å². The standard InChI is InChI=1S/C12H14N6O2/c1-7(6-19)18-11-9(17(2)12(18)20)5-13-10(15-11)8-3-4-14-16-8/h3-5,7,19H,6H2,1-2H3,(H,14,16)/t7-/m1/s1. The van der Waals surface area contributed by atoms with E-state index in [1.807, 2.05) is 0 Å². The number of aromatic nitrogens is 6. The predicted octanol–water partition coefficient (Wildman–Crippen LogP) is 0.0734. The first-order valence-electron chi connectivity index (χ1n) is 6.18. The summed E-state index contributed by atoms with van der Waals surface area (Å²) >= 11 is 0. The number of nitrogens with zero attached hydrogens (tertiary/aromatic N) is 5. The average Bonchev–Trinajstić information content (AvgIpc) is 3.07. The fourth-order valence-electron chi connectivity index (χ4n) is 2.12. The second-order valence-electron chi connectivity index (χ2n) is 4.62.